The van der Waals surface area contributed by atoms with Crippen LogP contribution in [0.25, 0.3) is 0 Å². The highest BCUT2D eigenvalue weighted by atomic mass is 16.5. The zero-order valence-corrected chi connectivity index (χ0v) is 8.02. The Balaban J connectivity index is 2.25. The molecule has 1 nitrogen and oxygen atoms in total. The molecule has 11 heavy (non-hydrogen) atoms. The summed E-state index contributed by atoms with van der Waals surface area (Å²) in [5.41, 5.74) is 0.577. The normalized spacial score (nSPS) is 25.4. The van der Waals surface area contributed by atoms with Gasteiger partial charge in [0, 0.05) is 6.61 Å². The van der Waals surface area contributed by atoms with Crippen molar-refractivity contribution in [3.05, 3.63) is 0 Å². The van der Waals surface area contributed by atoms with Gasteiger partial charge in [0.25, 0.3) is 0 Å². The summed E-state index contributed by atoms with van der Waals surface area (Å²) >= 11 is 0. The molecule has 0 atom stereocenters. The Hall–Kier alpha value is -0.0400. The van der Waals surface area contributed by atoms with Crippen LogP contribution >= 0.6 is 0 Å². The molecule has 0 amide bonds. The summed E-state index contributed by atoms with van der Waals surface area (Å²) in [5.74, 6) is 0. The third-order valence-corrected chi connectivity index (χ3v) is 2.69. The van der Waals surface area contributed by atoms with Crippen LogP contribution in [0.3, 0.4) is 0 Å². The Kier molecular flexibility index (Phi) is 2.94. The average molecular weight is 156 g/mol. The number of hydrogen-bond acceptors (Lipinski definition) is 1. The van der Waals surface area contributed by atoms with E-state index in [2.05, 4.69) is 20.8 Å². The van der Waals surface area contributed by atoms with Crippen LogP contribution in [0.1, 0.15) is 46.5 Å². The Labute approximate surface area is 70.1 Å². The van der Waals surface area contributed by atoms with Crippen molar-refractivity contribution in [2.45, 2.75) is 52.6 Å². The van der Waals surface area contributed by atoms with Crippen LogP contribution in [-0.4, -0.2) is 12.7 Å². The van der Waals surface area contributed by atoms with Gasteiger partial charge in [-0.3, -0.25) is 0 Å². The molecule has 1 saturated carbocycles. The van der Waals surface area contributed by atoms with Crippen molar-refractivity contribution in [1.82, 2.24) is 0 Å². The lowest BCUT2D eigenvalue weighted by atomic mass is 9.76. The van der Waals surface area contributed by atoms with Crippen molar-refractivity contribution in [2.24, 2.45) is 5.41 Å². The van der Waals surface area contributed by atoms with Gasteiger partial charge in [-0.1, -0.05) is 13.8 Å². The SMILES string of the molecule is CCOC1CCC(C)(C)CC1. The standard InChI is InChI=1S/C10H20O/c1-4-11-9-5-7-10(2,3)8-6-9/h9H,4-8H2,1-3H3. The summed E-state index contributed by atoms with van der Waals surface area (Å²) in [5, 5.41) is 0. The van der Waals surface area contributed by atoms with E-state index in [1.165, 1.54) is 25.7 Å². The molecule has 1 fully saturated rings. The molecule has 1 aliphatic carbocycles. The van der Waals surface area contributed by atoms with Gasteiger partial charge in [-0.15, -0.1) is 0 Å². The molecule has 0 unspecified atom stereocenters. The Morgan fingerprint density at radius 1 is 1.27 bits per heavy atom. The van der Waals surface area contributed by atoms with Gasteiger partial charge >= 0.3 is 0 Å². The minimum Gasteiger partial charge on any atom is -0.379 e. The summed E-state index contributed by atoms with van der Waals surface area (Å²) in [7, 11) is 0. The Morgan fingerprint density at radius 3 is 2.27 bits per heavy atom. The molecular formula is C10H20O. The van der Waals surface area contributed by atoms with Gasteiger partial charge in [-0.25, -0.2) is 0 Å². The van der Waals surface area contributed by atoms with Crippen LogP contribution in [0.2, 0.25) is 0 Å². The van der Waals surface area contributed by atoms with E-state index in [1.807, 2.05) is 0 Å². The lowest BCUT2D eigenvalue weighted by Crippen LogP contribution is -2.26. The molecule has 66 valence electrons. The number of hydrogen-bond donors (Lipinski definition) is 0. The first-order valence-electron chi connectivity index (χ1n) is 4.76. The largest absolute Gasteiger partial charge is 0.379 e. The van der Waals surface area contributed by atoms with Crippen LogP contribution in [-0.2, 0) is 4.74 Å². The van der Waals surface area contributed by atoms with Crippen molar-refractivity contribution in [3.63, 3.8) is 0 Å². The van der Waals surface area contributed by atoms with Crippen molar-refractivity contribution < 1.29 is 4.74 Å². The maximum atomic E-state index is 5.58. The van der Waals surface area contributed by atoms with Gasteiger partial charge in [0.15, 0.2) is 0 Å². The fraction of sp³-hybridized carbons (Fsp3) is 1.00. The molecule has 0 aromatic heterocycles. The van der Waals surface area contributed by atoms with Gasteiger partial charge in [0.05, 0.1) is 6.10 Å². The molecule has 1 heteroatoms. The minimum absolute atomic E-state index is 0.563. The molecule has 0 saturated heterocycles. The molecule has 0 aromatic rings. The fourth-order valence-electron chi connectivity index (χ4n) is 1.78. The second-order valence-electron chi connectivity index (χ2n) is 4.32. The molecule has 0 aliphatic heterocycles. The summed E-state index contributed by atoms with van der Waals surface area (Å²) in [6.07, 6.45) is 5.75. The molecule has 0 radical (unpaired) electrons. The smallest absolute Gasteiger partial charge is 0.0575 e. The summed E-state index contributed by atoms with van der Waals surface area (Å²) in [6, 6.07) is 0. The molecule has 0 heterocycles. The highest BCUT2D eigenvalue weighted by Crippen LogP contribution is 2.35. The molecule has 0 N–H and O–H groups in total. The highest BCUT2D eigenvalue weighted by molar-refractivity contribution is 4.78. The third kappa shape index (κ3) is 2.82. The van der Waals surface area contributed by atoms with Crippen molar-refractivity contribution >= 4 is 0 Å². The predicted octanol–water partition coefficient (Wildman–Crippen LogP) is 2.99. The van der Waals surface area contributed by atoms with E-state index >= 15 is 0 Å². The van der Waals surface area contributed by atoms with Crippen molar-refractivity contribution in [3.8, 4) is 0 Å². The summed E-state index contributed by atoms with van der Waals surface area (Å²) < 4.78 is 5.58. The first-order chi connectivity index (χ1) is 5.14. The topological polar surface area (TPSA) is 9.23 Å². The van der Waals surface area contributed by atoms with Gasteiger partial charge in [-0.2, -0.15) is 0 Å². The molecule has 0 aromatic carbocycles. The van der Waals surface area contributed by atoms with E-state index in [9.17, 15) is 0 Å². The highest BCUT2D eigenvalue weighted by Gasteiger charge is 2.26. The third-order valence-electron chi connectivity index (χ3n) is 2.69. The Morgan fingerprint density at radius 2 is 1.82 bits per heavy atom. The maximum Gasteiger partial charge on any atom is 0.0575 e. The molecular weight excluding hydrogens is 136 g/mol. The van der Waals surface area contributed by atoms with Crippen molar-refractivity contribution in [2.75, 3.05) is 6.61 Å². The first kappa shape index (κ1) is 9.05. The second kappa shape index (κ2) is 3.57. The van der Waals surface area contributed by atoms with E-state index in [1.54, 1.807) is 0 Å². The fourth-order valence-corrected chi connectivity index (χ4v) is 1.78. The number of ether oxygens (including phenoxy) is 1. The van der Waals surface area contributed by atoms with Gasteiger partial charge in [0.1, 0.15) is 0 Å². The van der Waals surface area contributed by atoms with E-state index in [-0.39, 0.29) is 0 Å². The number of rotatable bonds is 2. The molecule has 0 spiro atoms. The maximum absolute atomic E-state index is 5.58. The van der Waals surface area contributed by atoms with E-state index in [0.717, 1.165) is 6.61 Å². The van der Waals surface area contributed by atoms with Crippen molar-refractivity contribution in [1.29, 1.82) is 0 Å². The average Bonchev–Trinajstić information content (AvgIpc) is 1.94. The van der Waals surface area contributed by atoms with E-state index < -0.39 is 0 Å². The summed E-state index contributed by atoms with van der Waals surface area (Å²) in [4.78, 5) is 0. The predicted molar refractivity (Wildman–Crippen MR) is 47.7 cm³/mol. The zero-order valence-electron chi connectivity index (χ0n) is 8.02. The lowest BCUT2D eigenvalue weighted by Gasteiger charge is -2.33. The quantitative estimate of drug-likeness (QED) is 0.597. The van der Waals surface area contributed by atoms with Gasteiger partial charge in [0.2, 0.25) is 0 Å². The Bertz CT molecular complexity index is 108. The van der Waals surface area contributed by atoms with Crippen LogP contribution in [0.5, 0.6) is 0 Å². The first-order valence-corrected chi connectivity index (χ1v) is 4.76. The second-order valence-corrected chi connectivity index (χ2v) is 4.32. The van der Waals surface area contributed by atoms with Crippen LogP contribution in [0, 0.1) is 5.41 Å². The lowest BCUT2D eigenvalue weighted by molar-refractivity contribution is 0.0111. The van der Waals surface area contributed by atoms with Gasteiger partial charge < -0.3 is 4.74 Å². The van der Waals surface area contributed by atoms with E-state index in [0.29, 0.717) is 11.5 Å². The minimum atomic E-state index is 0.563. The molecule has 1 aliphatic rings. The van der Waals surface area contributed by atoms with Crippen LogP contribution < -0.4 is 0 Å². The van der Waals surface area contributed by atoms with Crippen LogP contribution in [0.15, 0.2) is 0 Å². The monoisotopic (exact) mass is 156 g/mol. The zero-order chi connectivity index (χ0) is 8.32. The molecule has 0 bridgehead atoms. The van der Waals surface area contributed by atoms with E-state index in [4.69, 9.17) is 4.74 Å². The summed E-state index contributed by atoms with van der Waals surface area (Å²) in [6.45, 7) is 7.68. The van der Waals surface area contributed by atoms with Gasteiger partial charge in [-0.05, 0) is 38.0 Å². The van der Waals surface area contributed by atoms with Crippen LogP contribution in [0.4, 0.5) is 0 Å². The molecule has 1 rings (SSSR count).